The average Bonchev–Trinajstić information content (AvgIpc) is 3.03. The topological polar surface area (TPSA) is 46.1 Å². The molecule has 0 saturated carbocycles. The molecular formula is C12H20N4OS. The Morgan fingerprint density at radius 2 is 2.11 bits per heavy atom. The molecule has 0 radical (unpaired) electrons. The summed E-state index contributed by atoms with van der Waals surface area (Å²) in [6, 6.07) is 0. The van der Waals surface area contributed by atoms with Crippen molar-refractivity contribution in [2.24, 2.45) is 0 Å². The lowest BCUT2D eigenvalue weighted by Gasteiger charge is -2.28. The molecule has 2 fully saturated rings. The first-order valence-electron chi connectivity index (χ1n) is 6.86. The van der Waals surface area contributed by atoms with Crippen LogP contribution in [0.15, 0.2) is 0 Å². The second-order valence-electron chi connectivity index (χ2n) is 5.12. The lowest BCUT2D eigenvalue weighted by molar-refractivity contribution is 0.0968. The lowest BCUT2D eigenvalue weighted by Crippen LogP contribution is -2.32. The fraction of sp³-hybridized carbons (Fsp3) is 0.833. The van der Waals surface area contributed by atoms with E-state index >= 15 is 0 Å². The molecule has 18 heavy (non-hydrogen) atoms. The molecule has 3 rings (SSSR count). The van der Waals surface area contributed by atoms with Gasteiger partial charge in [0.25, 0.3) is 0 Å². The number of ether oxygens (including phenoxy) is 1. The Bertz CT molecular complexity index is 443. The van der Waals surface area contributed by atoms with Crippen LogP contribution in [-0.2, 0) is 11.3 Å². The molecule has 2 aliphatic rings. The van der Waals surface area contributed by atoms with Crippen LogP contribution in [0.5, 0.6) is 0 Å². The molecule has 2 saturated heterocycles. The zero-order valence-electron chi connectivity index (χ0n) is 10.6. The van der Waals surface area contributed by atoms with Crippen LogP contribution in [-0.4, -0.2) is 40.6 Å². The molecular weight excluding hydrogens is 248 g/mol. The van der Waals surface area contributed by atoms with E-state index in [0.717, 1.165) is 45.0 Å². The van der Waals surface area contributed by atoms with Crippen molar-refractivity contribution >= 4 is 18.2 Å². The fourth-order valence-electron chi connectivity index (χ4n) is 2.80. The summed E-state index contributed by atoms with van der Waals surface area (Å²) in [5, 5.41) is 7.32. The molecule has 5 nitrogen and oxygen atoms in total. The Labute approximate surface area is 112 Å². The summed E-state index contributed by atoms with van der Waals surface area (Å²) in [5.74, 6) is 0.996. The maximum atomic E-state index is 5.70. The van der Waals surface area contributed by atoms with Crippen molar-refractivity contribution in [1.82, 2.24) is 14.8 Å². The molecule has 6 heteroatoms. The van der Waals surface area contributed by atoms with Crippen LogP contribution in [0, 0.1) is 4.77 Å². The Morgan fingerprint density at radius 3 is 2.83 bits per heavy atom. The van der Waals surface area contributed by atoms with Crippen LogP contribution >= 0.6 is 12.2 Å². The third kappa shape index (κ3) is 2.44. The predicted octanol–water partition coefficient (Wildman–Crippen LogP) is 2.11. The van der Waals surface area contributed by atoms with Crippen LogP contribution in [0.25, 0.3) is 0 Å². The van der Waals surface area contributed by atoms with Crippen molar-refractivity contribution in [3.8, 4) is 0 Å². The van der Waals surface area contributed by atoms with Gasteiger partial charge in [0.15, 0.2) is 4.77 Å². The SMILES string of the molecule is S=c1[nH]nc(N2CCCCC2)n1C[C@@H]1CCCO1. The number of aromatic amines is 1. The van der Waals surface area contributed by atoms with Gasteiger partial charge in [0.2, 0.25) is 5.95 Å². The molecule has 0 unspecified atom stereocenters. The van der Waals surface area contributed by atoms with Crippen molar-refractivity contribution < 1.29 is 4.74 Å². The molecule has 1 N–H and O–H groups in total. The highest BCUT2D eigenvalue weighted by Gasteiger charge is 2.21. The first-order valence-corrected chi connectivity index (χ1v) is 7.27. The summed E-state index contributed by atoms with van der Waals surface area (Å²) >= 11 is 5.34. The maximum Gasteiger partial charge on any atom is 0.225 e. The van der Waals surface area contributed by atoms with Gasteiger partial charge in [-0.3, -0.25) is 4.57 Å². The summed E-state index contributed by atoms with van der Waals surface area (Å²) in [4.78, 5) is 2.34. The number of hydrogen-bond donors (Lipinski definition) is 1. The van der Waals surface area contributed by atoms with E-state index in [1.807, 2.05) is 0 Å². The Kier molecular flexibility index (Phi) is 3.65. The van der Waals surface area contributed by atoms with Crippen molar-refractivity contribution in [1.29, 1.82) is 0 Å². The molecule has 0 amide bonds. The second kappa shape index (κ2) is 5.40. The smallest absolute Gasteiger partial charge is 0.225 e. The molecule has 0 aliphatic carbocycles. The van der Waals surface area contributed by atoms with Gasteiger partial charge in [-0.25, -0.2) is 5.10 Å². The van der Waals surface area contributed by atoms with Gasteiger partial charge in [0.1, 0.15) is 0 Å². The highest BCUT2D eigenvalue weighted by atomic mass is 32.1. The molecule has 0 aromatic carbocycles. The third-order valence-electron chi connectivity index (χ3n) is 3.79. The van der Waals surface area contributed by atoms with E-state index in [0.29, 0.717) is 10.9 Å². The predicted molar refractivity (Wildman–Crippen MR) is 72.4 cm³/mol. The Hall–Kier alpha value is -0.880. The van der Waals surface area contributed by atoms with Crippen LogP contribution in [0.3, 0.4) is 0 Å². The second-order valence-corrected chi connectivity index (χ2v) is 5.51. The minimum Gasteiger partial charge on any atom is -0.376 e. The highest BCUT2D eigenvalue weighted by molar-refractivity contribution is 7.71. The fourth-order valence-corrected chi connectivity index (χ4v) is 3.00. The highest BCUT2D eigenvalue weighted by Crippen LogP contribution is 2.21. The molecule has 0 spiro atoms. The molecule has 1 aromatic heterocycles. The van der Waals surface area contributed by atoms with Crippen molar-refractivity contribution in [3.05, 3.63) is 4.77 Å². The normalized spacial score (nSPS) is 24.7. The van der Waals surface area contributed by atoms with Gasteiger partial charge in [0.05, 0.1) is 12.6 Å². The lowest BCUT2D eigenvalue weighted by atomic mass is 10.1. The maximum absolute atomic E-state index is 5.70. The van der Waals surface area contributed by atoms with E-state index in [-0.39, 0.29) is 0 Å². The molecule has 3 heterocycles. The van der Waals surface area contributed by atoms with Crippen molar-refractivity contribution in [2.75, 3.05) is 24.6 Å². The van der Waals surface area contributed by atoms with E-state index in [1.54, 1.807) is 0 Å². The number of rotatable bonds is 3. The summed E-state index contributed by atoms with van der Waals surface area (Å²) in [5.41, 5.74) is 0. The molecule has 0 bridgehead atoms. The Balaban J connectivity index is 1.78. The summed E-state index contributed by atoms with van der Waals surface area (Å²) in [7, 11) is 0. The van der Waals surface area contributed by atoms with E-state index in [9.17, 15) is 0 Å². The summed E-state index contributed by atoms with van der Waals surface area (Å²) < 4.78 is 8.52. The number of hydrogen-bond acceptors (Lipinski definition) is 4. The largest absolute Gasteiger partial charge is 0.376 e. The number of anilines is 1. The van der Waals surface area contributed by atoms with Gasteiger partial charge >= 0.3 is 0 Å². The van der Waals surface area contributed by atoms with Gasteiger partial charge in [-0.1, -0.05) is 0 Å². The number of nitrogens with zero attached hydrogens (tertiary/aromatic N) is 3. The average molecular weight is 268 g/mol. The standard InChI is InChI=1S/C12H20N4OS/c18-12-14-13-11(15-6-2-1-3-7-15)16(12)9-10-5-4-8-17-10/h10H,1-9H2,(H,14,18)/t10-/m0/s1. The van der Waals surface area contributed by atoms with Gasteiger partial charge in [-0.15, -0.1) is 5.10 Å². The van der Waals surface area contributed by atoms with E-state index in [1.165, 1.54) is 19.3 Å². The van der Waals surface area contributed by atoms with Crippen LogP contribution in [0.4, 0.5) is 5.95 Å². The van der Waals surface area contributed by atoms with Crippen LogP contribution in [0.2, 0.25) is 0 Å². The summed E-state index contributed by atoms with van der Waals surface area (Å²) in [6.45, 7) is 3.90. The summed E-state index contributed by atoms with van der Waals surface area (Å²) in [6.07, 6.45) is 6.42. The van der Waals surface area contributed by atoms with E-state index < -0.39 is 0 Å². The van der Waals surface area contributed by atoms with E-state index in [2.05, 4.69) is 19.7 Å². The zero-order valence-corrected chi connectivity index (χ0v) is 11.4. The van der Waals surface area contributed by atoms with Crippen LogP contribution < -0.4 is 4.90 Å². The third-order valence-corrected chi connectivity index (χ3v) is 4.10. The monoisotopic (exact) mass is 268 g/mol. The number of aromatic nitrogens is 3. The number of H-pyrrole nitrogens is 1. The minimum absolute atomic E-state index is 0.304. The minimum atomic E-state index is 0.304. The molecule has 1 atom stereocenters. The van der Waals surface area contributed by atoms with Crippen molar-refractivity contribution in [3.63, 3.8) is 0 Å². The Morgan fingerprint density at radius 1 is 1.28 bits per heavy atom. The molecule has 1 aromatic rings. The van der Waals surface area contributed by atoms with Gasteiger partial charge < -0.3 is 9.64 Å². The van der Waals surface area contributed by atoms with Gasteiger partial charge in [-0.05, 0) is 44.3 Å². The molecule has 2 aliphatic heterocycles. The van der Waals surface area contributed by atoms with Crippen molar-refractivity contribution in [2.45, 2.75) is 44.8 Å². The first-order chi connectivity index (χ1) is 8.84. The zero-order chi connectivity index (χ0) is 12.4. The first kappa shape index (κ1) is 12.2. The molecule has 100 valence electrons. The van der Waals surface area contributed by atoms with Crippen LogP contribution in [0.1, 0.15) is 32.1 Å². The van der Waals surface area contributed by atoms with Gasteiger partial charge in [-0.2, -0.15) is 0 Å². The number of nitrogens with one attached hydrogen (secondary N) is 1. The number of piperidine rings is 1. The quantitative estimate of drug-likeness (QED) is 0.853. The van der Waals surface area contributed by atoms with Gasteiger partial charge in [0, 0.05) is 19.7 Å². The van der Waals surface area contributed by atoms with E-state index in [4.69, 9.17) is 17.0 Å².